The second-order valence-electron chi connectivity index (χ2n) is 26.3. The molecule has 0 radical (unpaired) electrons. The van der Waals surface area contributed by atoms with E-state index in [1.54, 1.807) is 0 Å². The van der Waals surface area contributed by atoms with E-state index in [1.165, 1.54) is 186 Å². The third kappa shape index (κ3) is 75.2. The maximum absolute atomic E-state index is 12.9. The van der Waals surface area contributed by atoms with Gasteiger partial charge < -0.3 is 27.9 Å². The highest BCUT2D eigenvalue weighted by Crippen LogP contribution is 2.38. The minimum Gasteiger partial charge on any atom is -0.756 e. The van der Waals surface area contributed by atoms with E-state index >= 15 is 0 Å². The third-order valence-corrected chi connectivity index (χ3v) is 17.1. The molecule has 92 heavy (non-hydrogen) atoms. The quantitative estimate of drug-likeness (QED) is 0.0195. The number of quaternary nitrogens is 1. The van der Waals surface area contributed by atoms with Crippen molar-refractivity contribution in [2.45, 2.75) is 328 Å². The fourth-order valence-corrected chi connectivity index (χ4v) is 11.1. The molecule has 0 aliphatic rings. The van der Waals surface area contributed by atoms with Gasteiger partial charge in [0.2, 0.25) is 0 Å². The molecular formula is C82H142NO8P. The summed E-state index contributed by atoms with van der Waals surface area (Å²) in [7, 11) is 1.14. The zero-order valence-electron chi connectivity index (χ0n) is 60.2. The van der Waals surface area contributed by atoms with Crippen LogP contribution in [0.5, 0.6) is 0 Å². The summed E-state index contributed by atoms with van der Waals surface area (Å²) in [5, 5.41) is 0. The van der Waals surface area contributed by atoms with Crippen molar-refractivity contribution in [3.8, 4) is 0 Å². The van der Waals surface area contributed by atoms with Crippen molar-refractivity contribution in [2.24, 2.45) is 0 Å². The predicted octanol–water partition coefficient (Wildman–Crippen LogP) is 24.5. The van der Waals surface area contributed by atoms with Crippen LogP contribution in [-0.2, 0) is 32.7 Å². The van der Waals surface area contributed by atoms with E-state index in [9.17, 15) is 19.0 Å². The van der Waals surface area contributed by atoms with Crippen molar-refractivity contribution in [3.63, 3.8) is 0 Å². The minimum atomic E-state index is -4.66. The lowest BCUT2D eigenvalue weighted by Crippen LogP contribution is -2.37. The van der Waals surface area contributed by atoms with Crippen LogP contribution in [0.2, 0.25) is 0 Å². The molecule has 0 aromatic heterocycles. The van der Waals surface area contributed by atoms with Gasteiger partial charge in [0.25, 0.3) is 7.82 Å². The number of hydrogen-bond donors (Lipinski definition) is 0. The Kier molecular flexibility index (Phi) is 68.5. The molecule has 528 valence electrons. The van der Waals surface area contributed by atoms with Crippen LogP contribution < -0.4 is 4.89 Å². The van der Waals surface area contributed by atoms with Gasteiger partial charge in [0.1, 0.15) is 19.8 Å². The number of allylic oxidation sites excluding steroid dienone is 22. The first-order valence-corrected chi connectivity index (χ1v) is 39.4. The first kappa shape index (κ1) is 88.2. The molecule has 0 fully saturated rings. The van der Waals surface area contributed by atoms with Crippen LogP contribution in [0.4, 0.5) is 0 Å². The molecule has 0 saturated heterocycles. The number of carbonyl (C=O) groups excluding carboxylic acids is 2. The number of unbranched alkanes of at least 4 members (excludes halogenated alkanes) is 33. The van der Waals surface area contributed by atoms with E-state index in [-0.39, 0.29) is 26.1 Å². The first-order chi connectivity index (χ1) is 45.0. The van der Waals surface area contributed by atoms with Gasteiger partial charge in [-0.1, -0.05) is 327 Å². The summed E-state index contributed by atoms with van der Waals surface area (Å²) in [6.45, 7) is 4.09. The van der Waals surface area contributed by atoms with Gasteiger partial charge in [0.15, 0.2) is 6.10 Å². The highest BCUT2D eigenvalue weighted by molar-refractivity contribution is 7.45. The van der Waals surface area contributed by atoms with Crippen molar-refractivity contribution in [2.75, 3.05) is 47.5 Å². The van der Waals surface area contributed by atoms with Gasteiger partial charge in [-0.25, -0.2) is 0 Å². The molecule has 0 amide bonds. The standard InChI is InChI=1S/C82H142NO8P/c1-6-8-10-12-14-16-18-20-22-24-26-28-30-32-34-36-38-39-40-41-42-43-45-46-48-50-52-54-56-58-60-62-64-66-68-70-72-74-81(84)88-78-80(79-90-92(86,87)89-77-76-83(3,4)5)91-82(85)75-73-71-69-67-65-63-61-59-57-55-53-51-49-47-44-37-35-33-31-29-27-25-23-21-19-17-15-13-11-9-7-2/h9,11,15,17-18,20-21,23-24,26-27,29,33,35,44,47,51,53,57,59,63,65,80H,6-8,10,12-14,16,19,22,25,28,30-32,34,36-43,45-46,48-50,52,54-56,58,60-62,64,66-79H2,1-5H3/b11-9-,17-15-,20-18-,23-21-,26-24-,29-27-,35-33-,47-44-,53-51-,59-57-,65-63-. The SMILES string of the molecule is CC/C=C\C/C=C\C/C=C\C/C=C\C/C=C\C/C=C\C/C=C\C/C=C\C/C=C\CCCCCC(=O)OC(COC(=O)CCCCCCCCCCCCCCCCCCCCCCCCCCC/C=C\C/C=C\CCCCCCC)COP(=O)([O-])OCC[N+](C)(C)C. The molecule has 0 heterocycles. The molecule has 0 rings (SSSR count). The summed E-state index contributed by atoms with van der Waals surface area (Å²) in [6.07, 6.45) is 104. The Balaban J connectivity index is 4.06. The molecule has 0 N–H and O–H groups in total. The van der Waals surface area contributed by atoms with Crippen LogP contribution in [0.15, 0.2) is 134 Å². The van der Waals surface area contributed by atoms with Crippen LogP contribution in [-0.4, -0.2) is 70.0 Å². The predicted molar refractivity (Wildman–Crippen MR) is 397 cm³/mol. The van der Waals surface area contributed by atoms with Gasteiger partial charge in [-0.05, 0) is 116 Å². The number of esters is 2. The van der Waals surface area contributed by atoms with Crippen molar-refractivity contribution >= 4 is 19.8 Å². The fraction of sp³-hybridized carbons (Fsp3) is 0.707. The lowest BCUT2D eigenvalue weighted by atomic mass is 10.0. The highest BCUT2D eigenvalue weighted by Gasteiger charge is 2.22. The summed E-state index contributed by atoms with van der Waals surface area (Å²) < 4.78 is 34.3. The average Bonchev–Trinajstić information content (AvgIpc) is 2.14. The van der Waals surface area contributed by atoms with Crippen LogP contribution in [0.1, 0.15) is 322 Å². The van der Waals surface area contributed by atoms with Crippen LogP contribution in [0.25, 0.3) is 0 Å². The maximum Gasteiger partial charge on any atom is 0.306 e. The number of hydrogen-bond acceptors (Lipinski definition) is 8. The third-order valence-electron chi connectivity index (χ3n) is 16.2. The molecular weight excluding hydrogens is 1160 g/mol. The van der Waals surface area contributed by atoms with E-state index in [0.717, 1.165) is 103 Å². The Morgan fingerprint density at radius 1 is 0.348 bits per heavy atom. The molecule has 0 saturated carbocycles. The number of carbonyl (C=O) groups is 2. The lowest BCUT2D eigenvalue weighted by molar-refractivity contribution is -0.870. The van der Waals surface area contributed by atoms with Crippen molar-refractivity contribution in [1.82, 2.24) is 0 Å². The van der Waals surface area contributed by atoms with Gasteiger partial charge in [0.05, 0.1) is 27.7 Å². The molecule has 0 aromatic rings. The van der Waals surface area contributed by atoms with E-state index < -0.39 is 32.5 Å². The number of phosphoric acid groups is 1. The fourth-order valence-electron chi connectivity index (χ4n) is 10.4. The topological polar surface area (TPSA) is 111 Å². The van der Waals surface area contributed by atoms with E-state index in [0.29, 0.717) is 17.4 Å². The number of likely N-dealkylation sites (N-methyl/N-ethyl adjacent to an activating group) is 1. The van der Waals surface area contributed by atoms with Crippen LogP contribution >= 0.6 is 7.82 Å². The molecule has 0 aromatic carbocycles. The Morgan fingerprint density at radius 2 is 0.620 bits per heavy atom. The van der Waals surface area contributed by atoms with Crippen molar-refractivity contribution < 1.29 is 42.1 Å². The number of ether oxygens (including phenoxy) is 2. The van der Waals surface area contributed by atoms with E-state index in [1.807, 2.05) is 21.1 Å². The molecule has 0 aliphatic heterocycles. The van der Waals surface area contributed by atoms with Crippen molar-refractivity contribution in [1.29, 1.82) is 0 Å². The zero-order chi connectivity index (χ0) is 66.9. The summed E-state index contributed by atoms with van der Waals surface area (Å²) in [5.41, 5.74) is 0. The molecule has 10 heteroatoms. The second-order valence-corrected chi connectivity index (χ2v) is 27.7. The number of rotatable bonds is 69. The Labute approximate surface area is 568 Å². The number of nitrogens with zero attached hydrogens (tertiary/aromatic N) is 1. The lowest BCUT2D eigenvalue weighted by Gasteiger charge is -2.28. The largest absolute Gasteiger partial charge is 0.756 e. The summed E-state index contributed by atoms with van der Waals surface area (Å²) in [4.78, 5) is 38.1. The molecule has 0 aliphatic carbocycles. The van der Waals surface area contributed by atoms with Crippen LogP contribution in [0.3, 0.4) is 0 Å². The summed E-state index contributed by atoms with van der Waals surface area (Å²) >= 11 is 0. The highest BCUT2D eigenvalue weighted by atomic mass is 31.2. The summed E-state index contributed by atoms with van der Waals surface area (Å²) in [6, 6.07) is 0. The van der Waals surface area contributed by atoms with Gasteiger partial charge >= 0.3 is 11.9 Å². The molecule has 0 bridgehead atoms. The van der Waals surface area contributed by atoms with E-state index in [4.69, 9.17) is 18.5 Å². The Bertz CT molecular complexity index is 2020. The maximum atomic E-state index is 12.9. The normalized spacial score (nSPS) is 13.8. The molecule has 2 atom stereocenters. The Hall–Kier alpha value is -3.85. The summed E-state index contributed by atoms with van der Waals surface area (Å²) in [5.74, 6) is -0.869. The smallest absolute Gasteiger partial charge is 0.306 e. The van der Waals surface area contributed by atoms with Gasteiger partial charge in [-0.15, -0.1) is 0 Å². The monoisotopic (exact) mass is 1300 g/mol. The molecule has 0 spiro atoms. The van der Waals surface area contributed by atoms with E-state index in [2.05, 4.69) is 148 Å². The van der Waals surface area contributed by atoms with Gasteiger partial charge in [-0.2, -0.15) is 0 Å². The zero-order valence-corrected chi connectivity index (χ0v) is 61.1. The minimum absolute atomic E-state index is 0.0432. The van der Waals surface area contributed by atoms with Crippen molar-refractivity contribution in [3.05, 3.63) is 134 Å². The van der Waals surface area contributed by atoms with Gasteiger partial charge in [0, 0.05) is 12.8 Å². The van der Waals surface area contributed by atoms with Gasteiger partial charge in [-0.3, -0.25) is 14.2 Å². The second kappa shape index (κ2) is 71.4. The Morgan fingerprint density at radius 3 is 0.935 bits per heavy atom. The number of phosphoric ester groups is 1. The first-order valence-electron chi connectivity index (χ1n) is 37.9. The average molecular weight is 1300 g/mol. The molecule has 9 nitrogen and oxygen atoms in total. The molecule has 2 unspecified atom stereocenters. The van der Waals surface area contributed by atoms with Crippen LogP contribution in [0, 0.1) is 0 Å².